The van der Waals surface area contributed by atoms with Crippen LogP contribution in [0.2, 0.25) is 0 Å². The van der Waals surface area contributed by atoms with Gasteiger partial charge in [-0.2, -0.15) is 0 Å². The lowest BCUT2D eigenvalue weighted by molar-refractivity contribution is -0.0647. The topological polar surface area (TPSA) is 56.1 Å². The molecule has 1 aromatic heterocycles. The van der Waals surface area contributed by atoms with Crippen molar-refractivity contribution in [3.63, 3.8) is 0 Å². The molecule has 6 nitrogen and oxygen atoms in total. The fourth-order valence-electron chi connectivity index (χ4n) is 3.42. The Kier molecular flexibility index (Phi) is 4.10. The molecule has 6 heteroatoms. The Labute approximate surface area is 142 Å². The monoisotopic (exact) mass is 327 g/mol. The highest BCUT2D eigenvalue weighted by molar-refractivity contribution is 5.32. The van der Waals surface area contributed by atoms with Crippen molar-refractivity contribution in [1.29, 1.82) is 0 Å². The summed E-state index contributed by atoms with van der Waals surface area (Å²) in [7, 11) is 0. The number of hydrogen-bond donors (Lipinski definition) is 0. The van der Waals surface area contributed by atoms with Crippen LogP contribution in [0, 0.1) is 13.8 Å². The van der Waals surface area contributed by atoms with Crippen molar-refractivity contribution in [3.05, 3.63) is 40.7 Å². The largest absolute Gasteiger partial charge is 0.371 e. The van der Waals surface area contributed by atoms with E-state index < -0.39 is 0 Å². The van der Waals surface area contributed by atoms with Gasteiger partial charge in [0.05, 0.1) is 25.3 Å². The SMILES string of the molecule is Cc1ccc(C)c([C@H]2CN(Cc3nnnn3C3CC3)[C@@H](C)CO2)c1. The van der Waals surface area contributed by atoms with Gasteiger partial charge in [0.1, 0.15) is 0 Å². The zero-order chi connectivity index (χ0) is 16.7. The molecule has 0 bridgehead atoms. The maximum absolute atomic E-state index is 6.15. The molecule has 2 aliphatic rings. The number of tetrazole rings is 1. The first-order valence-corrected chi connectivity index (χ1v) is 8.81. The molecule has 4 rings (SSSR count). The van der Waals surface area contributed by atoms with Gasteiger partial charge < -0.3 is 4.74 Å². The van der Waals surface area contributed by atoms with Gasteiger partial charge in [-0.05, 0) is 55.2 Å². The molecule has 2 heterocycles. The van der Waals surface area contributed by atoms with E-state index in [1.54, 1.807) is 0 Å². The summed E-state index contributed by atoms with van der Waals surface area (Å²) in [5, 5.41) is 12.3. The van der Waals surface area contributed by atoms with Crippen molar-refractivity contribution in [1.82, 2.24) is 25.1 Å². The van der Waals surface area contributed by atoms with Crippen LogP contribution in [0.4, 0.5) is 0 Å². The van der Waals surface area contributed by atoms with Crippen molar-refractivity contribution in [2.24, 2.45) is 0 Å². The average molecular weight is 327 g/mol. The highest BCUT2D eigenvalue weighted by atomic mass is 16.5. The van der Waals surface area contributed by atoms with Crippen LogP contribution in [-0.4, -0.2) is 44.3 Å². The summed E-state index contributed by atoms with van der Waals surface area (Å²) in [4.78, 5) is 2.44. The Morgan fingerprint density at radius 2 is 2.08 bits per heavy atom. The van der Waals surface area contributed by atoms with E-state index in [-0.39, 0.29) is 6.10 Å². The van der Waals surface area contributed by atoms with E-state index in [0.29, 0.717) is 12.1 Å². The van der Waals surface area contributed by atoms with E-state index in [1.807, 2.05) is 4.68 Å². The van der Waals surface area contributed by atoms with Gasteiger partial charge >= 0.3 is 0 Å². The van der Waals surface area contributed by atoms with Gasteiger partial charge in [-0.25, -0.2) is 4.68 Å². The Bertz CT molecular complexity index is 724. The first kappa shape index (κ1) is 15.7. The predicted octanol–water partition coefficient (Wildman–Crippen LogP) is 2.59. The van der Waals surface area contributed by atoms with Crippen molar-refractivity contribution < 1.29 is 4.74 Å². The average Bonchev–Trinajstić information content (AvgIpc) is 3.31. The Morgan fingerprint density at radius 1 is 1.25 bits per heavy atom. The van der Waals surface area contributed by atoms with Gasteiger partial charge in [-0.1, -0.05) is 23.8 Å². The minimum atomic E-state index is 0.117. The van der Waals surface area contributed by atoms with E-state index in [2.05, 4.69) is 59.4 Å². The van der Waals surface area contributed by atoms with Crippen LogP contribution in [0.15, 0.2) is 18.2 Å². The van der Waals surface area contributed by atoms with Crippen LogP contribution in [0.3, 0.4) is 0 Å². The molecule has 1 aromatic carbocycles. The molecule has 1 saturated carbocycles. The summed E-state index contributed by atoms with van der Waals surface area (Å²) < 4.78 is 8.16. The van der Waals surface area contributed by atoms with E-state index in [0.717, 1.165) is 25.5 Å². The molecular weight excluding hydrogens is 302 g/mol. The first-order chi connectivity index (χ1) is 11.6. The zero-order valence-corrected chi connectivity index (χ0v) is 14.6. The molecule has 1 saturated heterocycles. The number of benzene rings is 1. The van der Waals surface area contributed by atoms with Crippen molar-refractivity contribution in [3.8, 4) is 0 Å². The molecule has 2 atom stereocenters. The van der Waals surface area contributed by atoms with Crippen LogP contribution < -0.4 is 0 Å². The van der Waals surface area contributed by atoms with Gasteiger partial charge in [-0.3, -0.25) is 4.90 Å². The van der Waals surface area contributed by atoms with Gasteiger partial charge in [0.15, 0.2) is 5.82 Å². The summed E-state index contributed by atoms with van der Waals surface area (Å²) >= 11 is 0. The summed E-state index contributed by atoms with van der Waals surface area (Å²) in [6.45, 7) is 8.91. The molecule has 2 aromatic rings. The first-order valence-electron chi connectivity index (χ1n) is 8.81. The van der Waals surface area contributed by atoms with Gasteiger partial charge in [0.2, 0.25) is 0 Å². The second-order valence-electron chi connectivity index (χ2n) is 7.23. The fraction of sp³-hybridized carbons (Fsp3) is 0.611. The van der Waals surface area contributed by atoms with E-state index in [4.69, 9.17) is 4.74 Å². The lowest BCUT2D eigenvalue weighted by atomic mass is 9.99. The summed E-state index contributed by atoms with van der Waals surface area (Å²) in [6, 6.07) is 7.48. The Balaban J connectivity index is 1.52. The quantitative estimate of drug-likeness (QED) is 0.864. The van der Waals surface area contributed by atoms with Crippen LogP contribution in [-0.2, 0) is 11.3 Å². The highest BCUT2D eigenvalue weighted by Gasteiger charge is 2.32. The molecule has 128 valence electrons. The predicted molar refractivity (Wildman–Crippen MR) is 90.6 cm³/mol. The lowest BCUT2D eigenvalue weighted by Crippen LogP contribution is -2.45. The maximum atomic E-state index is 6.15. The third-order valence-corrected chi connectivity index (χ3v) is 5.14. The van der Waals surface area contributed by atoms with Crippen LogP contribution in [0.5, 0.6) is 0 Å². The fourth-order valence-corrected chi connectivity index (χ4v) is 3.42. The molecule has 1 aliphatic heterocycles. The van der Waals surface area contributed by atoms with Crippen LogP contribution in [0.1, 0.15) is 54.4 Å². The maximum Gasteiger partial charge on any atom is 0.165 e. The number of morpholine rings is 1. The Morgan fingerprint density at radius 3 is 2.88 bits per heavy atom. The van der Waals surface area contributed by atoms with Gasteiger partial charge in [-0.15, -0.1) is 5.10 Å². The molecule has 0 amide bonds. The lowest BCUT2D eigenvalue weighted by Gasteiger charge is -2.38. The number of hydrogen-bond acceptors (Lipinski definition) is 5. The molecule has 1 aliphatic carbocycles. The third kappa shape index (κ3) is 3.08. The summed E-state index contributed by atoms with van der Waals surface area (Å²) in [5.74, 6) is 0.978. The molecule has 0 spiro atoms. The second kappa shape index (κ2) is 6.26. The van der Waals surface area contributed by atoms with E-state index in [1.165, 1.54) is 29.5 Å². The minimum absolute atomic E-state index is 0.117. The van der Waals surface area contributed by atoms with Crippen LogP contribution in [0.25, 0.3) is 0 Å². The Hall–Kier alpha value is -1.79. The standard InChI is InChI=1S/C18H25N5O/c1-12-4-5-13(2)16(8-12)17-9-22(14(3)11-24-17)10-18-19-20-21-23(18)15-6-7-15/h4-5,8,14-15,17H,6-7,9-11H2,1-3H3/t14-,17+/m0/s1. The van der Waals surface area contributed by atoms with Crippen molar-refractivity contribution >= 4 is 0 Å². The normalized spacial score (nSPS) is 25.1. The molecule has 2 fully saturated rings. The number of aromatic nitrogens is 4. The minimum Gasteiger partial charge on any atom is -0.371 e. The number of rotatable bonds is 4. The number of aryl methyl sites for hydroxylation is 2. The number of nitrogens with zero attached hydrogens (tertiary/aromatic N) is 5. The number of ether oxygens (including phenoxy) is 1. The molecule has 0 unspecified atom stereocenters. The van der Waals surface area contributed by atoms with E-state index in [9.17, 15) is 0 Å². The third-order valence-electron chi connectivity index (χ3n) is 5.14. The van der Waals surface area contributed by atoms with E-state index >= 15 is 0 Å². The zero-order valence-electron chi connectivity index (χ0n) is 14.6. The van der Waals surface area contributed by atoms with Crippen molar-refractivity contribution in [2.45, 2.75) is 58.3 Å². The smallest absolute Gasteiger partial charge is 0.165 e. The molecular formula is C18H25N5O. The van der Waals surface area contributed by atoms with Gasteiger partial charge in [0.25, 0.3) is 0 Å². The molecule has 0 radical (unpaired) electrons. The molecule has 24 heavy (non-hydrogen) atoms. The molecule has 0 N–H and O–H groups in total. The second-order valence-corrected chi connectivity index (χ2v) is 7.23. The summed E-state index contributed by atoms with van der Waals surface area (Å²) in [6.07, 6.45) is 2.51. The highest BCUT2D eigenvalue weighted by Crippen LogP contribution is 2.35. The summed E-state index contributed by atoms with van der Waals surface area (Å²) in [5.41, 5.74) is 3.87. The van der Waals surface area contributed by atoms with Crippen molar-refractivity contribution in [2.75, 3.05) is 13.2 Å². The van der Waals surface area contributed by atoms with Gasteiger partial charge in [0, 0.05) is 12.6 Å². The van der Waals surface area contributed by atoms with Crippen LogP contribution >= 0.6 is 0 Å².